The molecule has 150 valence electrons. The third-order valence-corrected chi connectivity index (χ3v) is 5.84. The fraction of sp³-hybridized carbons (Fsp3) is 0.571. The molecule has 3 heterocycles. The Morgan fingerprint density at radius 1 is 1.07 bits per heavy atom. The van der Waals surface area contributed by atoms with Crippen LogP contribution < -0.4 is 0 Å². The second-order valence-corrected chi connectivity index (χ2v) is 7.74. The largest absolute Gasteiger partial charge is 0.378 e. The minimum absolute atomic E-state index is 0.109. The summed E-state index contributed by atoms with van der Waals surface area (Å²) in [7, 11) is 0. The van der Waals surface area contributed by atoms with Gasteiger partial charge in [-0.25, -0.2) is 0 Å². The van der Waals surface area contributed by atoms with E-state index in [4.69, 9.17) is 4.74 Å². The number of carbonyl (C=O) groups excluding carboxylic acids is 2. The summed E-state index contributed by atoms with van der Waals surface area (Å²) in [6, 6.07) is 7.94. The van der Waals surface area contributed by atoms with Gasteiger partial charge in [0.25, 0.3) is 0 Å². The highest BCUT2D eigenvalue weighted by molar-refractivity contribution is 5.82. The average molecular weight is 384 g/mol. The molecule has 0 bridgehead atoms. The highest BCUT2D eigenvalue weighted by Crippen LogP contribution is 2.22. The Morgan fingerprint density at radius 3 is 2.75 bits per heavy atom. The fourth-order valence-electron chi connectivity index (χ4n) is 4.21. The molecule has 0 radical (unpaired) electrons. The Hall–Kier alpha value is -2.41. The summed E-state index contributed by atoms with van der Waals surface area (Å²) in [4.78, 5) is 29.0. The van der Waals surface area contributed by atoms with E-state index in [0.29, 0.717) is 38.6 Å². The van der Waals surface area contributed by atoms with Crippen molar-refractivity contribution < 1.29 is 14.3 Å². The summed E-state index contributed by atoms with van der Waals surface area (Å²) in [6.07, 6.45) is 5.31. The average Bonchev–Trinajstić information content (AvgIpc) is 3.16. The number of fused-ring (bicyclic) bond motifs is 1. The number of aromatic nitrogens is 2. The molecule has 0 aliphatic carbocycles. The van der Waals surface area contributed by atoms with Crippen molar-refractivity contribution in [2.45, 2.75) is 32.2 Å². The molecule has 0 unspecified atom stereocenters. The van der Waals surface area contributed by atoms with E-state index in [1.165, 1.54) is 0 Å². The maximum absolute atomic E-state index is 12.8. The fourth-order valence-corrected chi connectivity index (χ4v) is 4.21. The van der Waals surface area contributed by atoms with Gasteiger partial charge in [-0.05, 0) is 31.2 Å². The molecular formula is C21H28N4O3. The Kier molecular flexibility index (Phi) is 5.90. The molecule has 1 aromatic carbocycles. The van der Waals surface area contributed by atoms with Crippen molar-refractivity contribution in [3.8, 4) is 0 Å². The van der Waals surface area contributed by atoms with Gasteiger partial charge in [0.2, 0.25) is 11.8 Å². The third-order valence-electron chi connectivity index (χ3n) is 5.84. The van der Waals surface area contributed by atoms with Gasteiger partial charge in [-0.15, -0.1) is 0 Å². The van der Waals surface area contributed by atoms with Crippen LogP contribution in [0.3, 0.4) is 0 Å². The van der Waals surface area contributed by atoms with Crippen LogP contribution in [0, 0.1) is 5.92 Å². The molecule has 7 heteroatoms. The number of likely N-dealkylation sites (tertiary alicyclic amines) is 1. The predicted molar refractivity (Wildman–Crippen MR) is 106 cm³/mol. The SMILES string of the molecule is O=C(CC[C@H]1CCCN(C(=O)Cn2ncc3ccccc32)C1)N1CCOCC1. The van der Waals surface area contributed by atoms with Crippen LogP contribution in [0.2, 0.25) is 0 Å². The zero-order valence-electron chi connectivity index (χ0n) is 16.3. The third kappa shape index (κ3) is 4.35. The smallest absolute Gasteiger partial charge is 0.244 e. The van der Waals surface area contributed by atoms with Gasteiger partial charge in [-0.1, -0.05) is 18.2 Å². The van der Waals surface area contributed by atoms with E-state index in [0.717, 1.165) is 43.3 Å². The van der Waals surface area contributed by atoms with Crippen LogP contribution in [-0.2, 0) is 20.9 Å². The van der Waals surface area contributed by atoms with Gasteiger partial charge in [0, 0.05) is 38.0 Å². The quantitative estimate of drug-likeness (QED) is 0.790. The predicted octanol–water partition coefficient (Wildman–Crippen LogP) is 1.91. The molecule has 7 nitrogen and oxygen atoms in total. The van der Waals surface area contributed by atoms with Gasteiger partial charge in [-0.3, -0.25) is 14.3 Å². The molecule has 2 aromatic rings. The second-order valence-electron chi connectivity index (χ2n) is 7.74. The standard InChI is InChI=1S/C21H28N4O3/c26-20(23-10-12-28-13-11-23)8-7-17-4-3-9-24(15-17)21(27)16-25-19-6-2-1-5-18(19)14-22-25/h1-2,5-6,14,17H,3-4,7-13,15-16H2/t17-/m1/s1. The minimum Gasteiger partial charge on any atom is -0.378 e. The van der Waals surface area contributed by atoms with E-state index in [-0.39, 0.29) is 18.4 Å². The normalized spacial score (nSPS) is 20.5. The zero-order chi connectivity index (χ0) is 19.3. The topological polar surface area (TPSA) is 67.7 Å². The summed E-state index contributed by atoms with van der Waals surface area (Å²) < 4.78 is 7.09. The molecular weight excluding hydrogens is 356 g/mol. The van der Waals surface area contributed by atoms with E-state index in [9.17, 15) is 9.59 Å². The van der Waals surface area contributed by atoms with Gasteiger partial charge >= 0.3 is 0 Å². The Morgan fingerprint density at radius 2 is 1.89 bits per heavy atom. The lowest BCUT2D eigenvalue weighted by Crippen LogP contribution is -2.43. The summed E-state index contributed by atoms with van der Waals surface area (Å²) in [6.45, 7) is 4.49. The number of nitrogens with zero attached hydrogens (tertiary/aromatic N) is 4. The molecule has 2 aliphatic heterocycles. The maximum atomic E-state index is 12.8. The van der Waals surface area contributed by atoms with Crippen molar-refractivity contribution >= 4 is 22.7 Å². The van der Waals surface area contributed by atoms with E-state index >= 15 is 0 Å². The zero-order valence-corrected chi connectivity index (χ0v) is 16.3. The molecule has 2 fully saturated rings. The van der Waals surface area contributed by atoms with Gasteiger partial charge < -0.3 is 14.5 Å². The Bertz CT molecular complexity index is 828. The van der Waals surface area contributed by atoms with Gasteiger partial charge in [0.05, 0.1) is 24.9 Å². The molecule has 0 saturated carbocycles. The maximum Gasteiger partial charge on any atom is 0.244 e. The van der Waals surface area contributed by atoms with Crippen molar-refractivity contribution in [3.63, 3.8) is 0 Å². The summed E-state index contributed by atoms with van der Waals surface area (Å²) in [5.41, 5.74) is 0.987. The number of carbonyl (C=O) groups is 2. The number of morpholine rings is 1. The van der Waals surface area contributed by atoms with Crippen LogP contribution in [0.1, 0.15) is 25.7 Å². The van der Waals surface area contributed by atoms with E-state index in [2.05, 4.69) is 5.10 Å². The molecule has 2 saturated heterocycles. The van der Waals surface area contributed by atoms with Crippen LogP contribution in [-0.4, -0.2) is 70.8 Å². The number of benzene rings is 1. The number of piperidine rings is 1. The Labute approximate surface area is 165 Å². The number of para-hydroxylation sites is 1. The number of hydrogen-bond acceptors (Lipinski definition) is 4. The molecule has 28 heavy (non-hydrogen) atoms. The summed E-state index contributed by atoms with van der Waals surface area (Å²) in [5, 5.41) is 5.42. The first kappa shape index (κ1) is 18.9. The molecule has 2 aliphatic rings. The van der Waals surface area contributed by atoms with E-state index < -0.39 is 0 Å². The van der Waals surface area contributed by atoms with Crippen LogP contribution in [0.15, 0.2) is 30.5 Å². The monoisotopic (exact) mass is 384 g/mol. The van der Waals surface area contributed by atoms with Crippen LogP contribution in [0.25, 0.3) is 10.9 Å². The molecule has 2 amide bonds. The number of hydrogen-bond donors (Lipinski definition) is 0. The molecule has 0 spiro atoms. The first-order chi connectivity index (χ1) is 13.7. The van der Waals surface area contributed by atoms with Gasteiger partial charge in [0.1, 0.15) is 6.54 Å². The first-order valence-electron chi connectivity index (χ1n) is 10.2. The lowest BCUT2D eigenvalue weighted by molar-refractivity contribution is -0.135. The van der Waals surface area contributed by atoms with Crippen molar-refractivity contribution in [1.82, 2.24) is 19.6 Å². The van der Waals surface area contributed by atoms with Crippen LogP contribution in [0.4, 0.5) is 0 Å². The van der Waals surface area contributed by atoms with E-state index in [1.54, 1.807) is 10.9 Å². The van der Waals surface area contributed by atoms with Gasteiger partial charge in [-0.2, -0.15) is 5.10 Å². The molecule has 0 N–H and O–H groups in total. The molecule has 4 rings (SSSR count). The first-order valence-corrected chi connectivity index (χ1v) is 10.2. The lowest BCUT2D eigenvalue weighted by atomic mass is 9.93. The highest BCUT2D eigenvalue weighted by Gasteiger charge is 2.25. The Balaban J connectivity index is 1.29. The summed E-state index contributed by atoms with van der Waals surface area (Å²) >= 11 is 0. The minimum atomic E-state index is 0.109. The number of amides is 2. The van der Waals surface area contributed by atoms with Crippen molar-refractivity contribution in [3.05, 3.63) is 30.5 Å². The van der Waals surface area contributed by atoms with E-state index in [1.807, 2.05) is 34.1 Å². The van der Waals surface area contributed by atoms with Crippen molar-refractivity contribution in [2.75, 3.05) is 39.4 Å². The summed E-state index contributed by atoms with van der Waals surface area (Å²) in [5.74, 6) is 0.727. The molecule has 1 aromatic heterocycles. The molecule has 1 atom stereocenters. The van der Waals surface area contributed by atoms with Crippen LogP contribution in [0.5, 0.6) is 0 Å². The number of ether oxygens (including phenoxy) is 1. The second kappa shape index (κ2) is 8.73. The van der Waals surface area contributed by atoms with Crippen molar-refractivity contribution in [1.29, 1.82) is 0 Å². The highest BCUT2D eigenvalue weighted by atomic mass is 16.5. The number of rotatable bonds is 5. The van der Waals surface area contributed by atoms with Crippen molar-refractivity contribution in [2.24, 2.45) is 5.92 Å². The van der Waals surface area contributed by atoms with Crippen LogP contribution >= 0.6 is 0 Å². The lowest BCUT2D eigenvalue weighted by Gasteiger charge is -2.33. The van der Waals surface area contributed by atoms with Gasteiger partial charge in [0.15, 0.2) is 0 Å².